The molecule has 0 aromatic heterocycles. The fourth-order valence-corrected chi connectivity index (χ4v) is 2.70. The van der Waals surface area contributed by atoms with E-state index < -0.39 is 6.03 Å². The summed E-state index contributed by atoms with van der Waals surface area (Å²) in [5.41, 5.74) is 7.52. The van der Waals surface area contributed by atoms with E-state index in [0.717, 1.165) is 6.42 Å². The van der Waals surface area contributed by atoms with Crippen molar-refractivity contribution in [2.24, 2.45) is 17.6 Å². The lowest BCUT2D eigenvalue weighted by Crippen LogP contribution is -2.93. The van der Waals surface area contributed by atoms with Gasteiger partial charge in [0, 0.05) is 11.5 Å². The number of benzene rings is 1. The molecule has 0 fully saturated rings. The summed E-state index contributed by atoms with van der Waals surface area (Å²) in [7, 11) is 0. The maximum absolute atomic E-state index is 11.9. The first-order valence-corrected chi connectivity index (χ1v) is 8.24. The van der Waals surface area contributed by atoms with E-state index in [1.807, 2.05) is 5.32 Å². The maximum Gasteiger partial charge on any atom is 0.319 e. The Hall–Kier alpha value is -1.88. The van der Waals surface area contributed by atoms with Gasteiger partial charge in [-0.1, -0.05) is 52.0 Å². The van der Waals surface area contributed by atoms with Gasteiger partial charge >= 0.3 is 6.03 Å². The number of carbonyl (C=O) groups is 2. The van der Waals surface area contributed by atoms with Gasteiger partial charge in [0.15, 0.2) is 6.04 Å². The molecule has 0 radical (unpaired) electrons. The van der Waals surface area contributed by atoms with Gasteiger partial charge in [-0.2, -0.15) is 0 Å². The molecule has 0 saturated carbocycles. The molecule has 1 aromatic carbocycles. The third-order valence-electron chi connectivity index (χ3n) is 3.88. The molecular formula is C18H30N3O2+. The molecule has 5 N–H and O–H groups in total. The predicted molar refractivity (Wildman–Crippen MR) is 91.7 cm³/mol. The lowest BCUT2D eigenvalue weighted by molar-refractivity contribution is -0.719. The Balaban J connectivity index is 2.82. The van der Waals surface area contributed by atoms with Crippen molar-refractivity contribution in [3.05, 3.63) is 35.4 Å². The van der Waals surface area contributed by atoms with Gasteiger partial charge in [-0.05, 0) is 24.8 Å². The van der Waals surface area contributed by atoms with Crippen LogP contribution in [0.1, 0.15) is 51.8 Å². The molecule has 0 bridgehead atoms. The van der Waals surface area contributed by atoms with E-state index in [9.17, 15) is 9.59 Å². The highest BCUT2D eigenvalue weighted by Gasteiger charge is 2.26. The smallest absolute Gasteiger partial charge is 0.319 e. The number of nitrogens with one attached hydrogen (secondary N) is 1. The second-order valence-corrected chi connectivity index (χ2v) is 6.94. The highest BCUT2D eigenvalue weighted by Crippen LogP contribution is 2.19. The van der Waals surface area contributed by atoms with Crippen molar-refractivity contribution in [2.45, 2.75) is 53.1 Å². The van der Waals surface area contributed by atoms with Crippen LogP contribution in [-0.2, 0) is 11.2 Å². The molecule has 0 unspecified atom stereocenters. The highest BCUT2D eigenvalue weighted by atomic mass is 16.2. The van der Waals surface area contributed by atoms with Crippen molar-refractivity contribution >= 4 is 11.9 Å². The Bertz CT molecular complexity index is 524. The minimum absolute atomic E-state index is 0.150. The summed E-state index contributed by atoms with van der Waals surface area (Å²) < 4.78 is 0. The minimum atomic E-state index is -0.811. The molecule has 23 heavy (non-hydrogen) atoms. The van der Waals surface area contributed by atoms with E-state index in [4.69, 9.17) is 5.73 Å². The second-order valence-electron chi connectivity index (χ2n) is 6.94. The first-order valence-electron chi connectivity index (χ1n) is 8.24. The van der Waals surface area contributed by atoms with Crippen LogP contribution in [0.5, 0.6) is 0 Å². The lowest BCUT2D eigenvalue weighted by Gasteiger charge is -2.23. The molecule has 0 aliphatic rings. The van der Waals surface area contributed by atoms with Crippen LogP contribution in [0.25, 0.3) is 0 Å². The van der Waals surface area contributed by atoms with Crippen molar-refractivity contribution in [3.63, 3.8) is 0 Å². The molecular weight excluding hydrogens is 290 g/mol. The molecule has 5 nitrogen and oxygen atoms in total. The van der Waals surface area contributed by atoms with Gasteiger partial charge in [0.2, 0.25) is 0 Å². The first-order chi connectivity index (χ1) is 10.7. The number of quaternary nitrogens is 1. The summed E-state index contributed by atoms with van der Waals surface area (Å²) in [6, 6.07) is 7.55. The summed E-state index contributed by atoms with van der Waals surface area (Å²) in [5, 5.41) is 4.12. The van der Waals surface area contributed by atoms with Crippen LogP contribution in [0.15, 0.2) is 24.3 Å². The van der Waals surface area contributed by atoms with Gasteiger partial charge in [-0.15, -0.1) is 0 Å². The number of nitrogens with two attached hydrogens (primary N) is 2. The molecule has 3 amide bonds. The van der Waals surface area contributed by atoms with Crippen LogP contribution in [-0.4, -0.2) is 18.0 Å². The van der Waals surface area contributed by atoms with Crippen LogP contribution in [0.4, 0.5) is 4.79 Å². The van der Waals surface area contributed by atoms with E-state index in [1.165, 1.54) is 11.1 Å². The molecule has 0 saturated heterocycles. The number of hydrogen-bond acceptors (Lipinski definition) is 2. The standard InChI is InChI=1S/C18H29N3O2/c1-11(2)10-14-6-8-15(9-7-14)16(12(3)4)20-13(5)17(22)21-18(19)23/h6-9,11-13,16,20H,10H2,1-5H3,(H3,19,21,22,23)/p+1/t13-,16-/m0/s1. The fourth-order valence-electron chi connectivity index (χ4n) is 2.70. The summed E-state index contributed by atoms with van der Waals surface area (Å²) >= 11 is 0. The zero-order valence-corrected chi connectivity index (χ0v) is 14.8. The zero-order valence-electron chi connectivity index (χ0n) is 14.8. The van der Waals surface area contributed by atoms with E-state index in [1.54, 1.807) is 6.92 Å². The molecule has 2 atom stereocenters. The summed E-state index contributed by atoms with van der Waals surface area (Å²) in [6.45, 7) is 10.4. The van der Waals surface area contributed by atoms with E-state index in [2.05, 4.69) is 57.3 Å². The van der Waals surface area contributed by atoms with Crippen LogP contribution >= 0.6 is 0 Å². The lowest BCUT2D eigenvalue weighted by atomic mass is 9.93. The Kier molecular flexibility index (Phi) is 7.23. The Labute approximate surface area is 139 Å². The maximum atomic E-state index is 11.9. The Morgan fingerprint density at radius 1 is 1.09 bits per heavy atom. The first kappa shape index (κ1) is 19.2. The number of imide groups is 1. The number of rotatable bonds is 7. The number of carbonyl (C=O) groups excluding carboxylic acids is 2. The molecule has 0 aliphatic carbocycles. The van der Waals surface area contributed by atoms with Crippen molar-refractivity contribution in [1.29, 1.82) is 0 Å². The second kappa shape index (κ2) is 8.67. The van der Waals surface area contributed by atoms with E-state index in [-0.39, 0.29) is 18.0 Å². The number of amides is 3. The normalized spacial score (nSPS) is 13.9. The van der Waals surface area contributed by atoms with Gasteiger partial charge in [-0.25, -0.2) is 4.79 Å². The third-order valence-corrected chi connectivity index (χ3v) is 3.88. The molecule has 5 heteroatoms. The molecule has 0 aliphatic heterocycles. The predicted octanol–water partition coefficient (Wildman–Crippen LogP) is 1.73. The number of hydrogen-bond donors (Lipinski definition) is 3. The topological polar surface area (TPSA) is 88.8 Å². The molecule has 128 valence electrons. The molecule has 1 aromatic rings. The summed E-state index contributed by atoms with van der Waals surface area (Å²) in [4.78, 5) is 22.7. The molecule has 0 heterocycles. The monoisotopic (exact) mass is 320 g/mol. The van der Waals surface area contributed by atoms with E-state index >= 15 is 0 Å². The Morgan fingerprint density at radius 2 is 1.65 bits per heavy atom. The zero-order chi connectivity index (χ0) is 17.6. The van der Waals surface area contributed by atoms with Crippen LogP contribution in [0.3, 0.4) is 0 Å². The number of urea groups is 1. The average Bonchev–Trinajstić information content (AvgIpc) is 2.43. The van der Waals surface area contributed by atoms with Crippen molar-refractivity contribution < 1.29 is 14.9 Å². The van der Waals surface area contributed by atoms with Gasteiger partial charge < -0.3 is 11.1 Å². The quantitative estimate of drug-likeness (QED) is 0.714. The third kappa shape index (κ3) is 6.40. The van der Waals surface area contributed by atoms with Crippen LogP contribution in [0, 0.1) is 11.8 Å². The minimum Gasteiger partial charge on any atom is -0.351 e. The largest absolute Gasteiger partial charge is 0.351 e. The van der Waals surface area contributed by atoms with Crippen molar-refractivity contribution in [2.75, 3.05) is 0 Å². The average molecular weight is 320 g/mol. The van der Waals surface area contributed by atoms with Gasteiger partial charge in [-0.3, -0.25) is 10.1 Å². The Morgan fingerprint density at radius 3 is 2.09 bits per heavy atom. The SMILES string of the molecule is CC(C)Cc1ccc([C@@H]([NH2+][C@@H](C)C(=O)NC(N)=O)C(C)C)cc1. The summed E-state index contributed by atoms with van der Waals surface area (Å²) in [6.07, 6.45) is 1.06. The van der Waals surface area contributed by atoms with Crippen molar-refractivity contribution in [3.8, 4) is 0 Å². The molecule has 0 spiro atoms. The van der Waals surface area contributed by atoms with E-state index in [0.29, 0.717) is 11.8 Å². The van der Waals surface area contributed by atoms with Crippen LogP contribution < -0.4 is 16.4 Å². The van der Waals surface area contributed by atoms with Crippen molar-refractivity contribution in [1.82, 2.24) is 5.32 Å². The summed E-state index contributed by atoms with van der Waals surface area (Å²) in [5.74, 6) is 0.625. The fraction of sp³-hybridized carbons (Fsp3) is 0.556. The molecule has 1 rings (SSSR count). The van der Waals surface area contributed by atoms with Gasteiger partial charge in [0.1, 0.15) is 6.04 Å². The van der Waals surface area contributed by atoms with Gasteiger partial charge in [0.05, 0.1) is 0 Å². The number of primary amides is 1. The highest BCUT2D eigenvalue weighted by molar-refractivity contribution is 5.95. The van der Waals surface area contributed by atoms with Gasteiger partial charge in [0.25, 0.3) is 5.91 Å². The van der Waals surface area contributed by atoms with Crippen LogP contribution in [0.2, 0.25) is 0 Å².